The molecule has 1 atom stereocenters. The van der Waals surface area contributed by atoms with Gasteiger partial charge in [-0.05, 0) is 39.7 Å². The van der Waals surface area contributed by atoms with Crippen LogP contribution < -0.4 is 0 Å². The number of aromatic nitrogens is 2. The number of carboxylic acids is 1. The van der Waals surface area contributed by atoms with Gasteiger partial charge >= 0.3 is 12.1 Å². The van der Waals surface area contributed by atoms with E-state index in [9.17, 15) is 9.59 Å². The number of hydrogen-bond donors (Lipinski definition) is 1. The Hall–Kier alpha value is -2.05. The van der Waals surface area contributed by atoms with E-state index in [2.05, 4.69) is 5.10 Å². The van der Waals surface area contributed by atoms with Crippen LogP contribution in [0.15, 0.2) is 12.3 Å². The van der Waals surface area contributed by atoms with E-state index in [0.29, 0.717) is 13.1 Å². The van der Waals surface area contributed by atoms with E-state index in [1.54, 1.807) is 4.90 Å². The van der Waals surface area contributed by atoms with Crippen molar-refractivity contribution in [2.45, 2.75) is 51.8 Å². The Balaban J connectivity index is 2.07. The highest BCUT2D eigenvalue weighted by Gasteiger charge is 2.33. The van der Waals surface area contributed by atoms with Gasteiger partial charge in [0, 0.05) is 12.7 Å². The van der Waals surface area contributed by atoms with E-state index >= 15 is 0 Å². The van der Waals surface area contributed by atoms with Crippen LogP contribution in [0.3, 0.4) is 0 Å². The van der Waals surface area contributed by atoms with Gasteiger partial charge in [0.25, 0.3) is 0 Å². The lowest BCUT2D eigenvalue weighted by molar-refractivity contribution is 0.0211. The van der Waals surface area contributed by atoms with Gasteiger partial charge in [0.05, 0.1) is 12.6 Å². The van der Waals surface area contributed by atoms with Crippen LogP contribution in [0.1, 0.15) is 44.1 Å². The van der Waals surface area contributed by atoms with Crippen molar-refractivity contribution >= 4 is 12.1 Å². The second-order valence-corrected chi connectivity index (χ2v) is 6.17. The molecule has 0 saturated carbocycles. The first-order valence-corrected chi connectivity index (χ1v) is 7.02. The molecule has 1 aromatic heterocycles. The predicted octanol–water partition coefficient (Wildman–Crippen LogP) is 1.98. The van der Waals surface area contributed by atoms with Crippen LogP contribution >= 0.6 is 0 Å². The first kappa shape index (κ1) is 15.3. The minimum absolute atomic E-state index is 0.0853. The van der Waals surface area contributed by atoms with E-state index < -0.39 is 11.6 Å². The fourth-order valence-electron chi connectivity index (χ4n) is 2.45. The van der Waals surface area contributed by atoms with E-state index in [1.165, 1.54) is 16.9 Å². The number of carbonyl (C=O) groups excluding carboxylic acids is 1. The summed E-state index contributed by atoms with van der Waals surface area (Å²) in [4.78, 5) is 24.9. The van der Waals surface area contributed by atoms with Crippen LogP contribution in [0.25, 0.3) is 0 Å². The SMILES string of the molecule is CC(C)(C)OC(=O)N1CCCC1Cn1nccc1C(=O)O. The highest BCUT2D eigenvalue weighted by Crippen LogP contribution is 2.22. The molecule has 2 heterocycles. The lowest BCUT2D eigenvalue weighted by Crippen LogP contribution is -2.41. The molecule has 7 nitrogen and oxygen atoms in total. The van der Waals surface area contributed by atoms with Crippen molar-refractivity contribution in [3.63, 3.8) is 0 Å². The molecule has 1 aliphatic rings. The van der Waals surface area contributed by atoms with Gasteiger partial charge in [-0.2, -0.15) is 5.10 Å². The standard InChI is InChI=1S/C14H21N3O4/c1-14(2,3)21-13(20)16-8-4-5-10(16)9-17-11(12(18)19)6-7-15-17/h6-7,10H,4-5,8-9H2,1-3H3,(H,18,19). The van der Waals surface area contributed by atoms with E-state index in [1.807, 2.05) is 20.8 Å². The van der Waals surface area contributed by atoms with E-state index in [4.69, 9.17) is 9.84 Å². The highest BCUT2D eigenvalue weighted by molar-refractivity contribution is 5.85. The van der Waals surface area contributed by atoms with Crippen molar-refractivity contribution < 1.29 is 19.4 Å². The van der Waals surface area contributed by atoms with Gasteiger partial charge in [-0.25, -0.2) is 9.59 Å². The summed E-state index contributed by atoms with van der Waals surface area (Å²) >= 11 is 0. The minimum Gasteiger partial charge on any atom is -0.477 e. The molecule has 0 bridgehead atoms. The third-order valence-electron chi connectivity index (χ3n) is 3.32. The predicted molar refractivity (Wildman–Crippen MR) is 75.1 cm³/mol. The van der Waals surface area contributed by atoms with Crippen LogP contribution in [0, 0.1) is 0 Å². The average Bonchev–Trinajstić information content (AvgIpc) is 2.95. The van der Waals surface area contributed by atoms with Gasteiger partial charge in [0.2, 0.25) is 0 Å². The summed E-state index contributed by atoms with van der Waals surface area (Å²) in [6.07, 6.45) is 2.80. The zero-order valence-corrected chi connectivity index (χ0v) is 12.6. The molecule has 1 amide bonds. The highest BCUT2D eigenvalue weighted by atomic mass is 16.6. The van der Waals surface area contributed by atoms with Crippen molar-refractivity contribution in [3.8, 4) is 0 Å². The molecule has 1 saturated heterocycles. The third-order valence-corrected chi connectivity index (χ3v) is 3.32. The Labute approximate surface area is 123 Å². The first-order chi connectivity index (χ1) is 9.78. The minimum atomic E-state index is -1.02. The third kappa shape index (κ3) is 3.74. The quantitative estimate of drug-likeness (QED) is 0.921. The number of carboxylic acid groups (broad SMARTS) is 1. The second kappa shape index (κ2) is 5.75. The van der Waals surface area contributed by atoms with E-state index in [-0.39, 0.29) is 17.8 Å². The molecule has 1 aromatic rings. The van der Waals surface area contributed by atoms with Gasteiger partial charge < -0.3 is 14.7 Å². The topological polar surface area (TPSA) is 84.7 Å². The lowest BCUT2D eigenvalue weighted by atomic mass is 10.2. The largest absolute Gasteiger partial charge is 0.477 e. The van der Waals surface area contributed by atoms with Crippen molar-refractivity contribution in [2.24, 2.45) is 0 Å². The number of hydrogen-bond acceptors (Lipinski definition) is 4. The fourth-order valence-corrected chi connectivity index (χ4v) is 2.45. The number of likely N-dealkylation sites (tertiary alicyclic amines) is 1. The molecule has 0 aromatic carbocycles. The molecule has 7 heteroatoms. The maximum atomic E-state index is 12.2. The van der Waals surface area contributed by atoms with Crippen molar-refractivity contribution in [2.75, 3.05) is 6.54 Å². The number of nitrogens with zero attached hydrogens (tertiary/aromatic N) is 3. The Kier molecular flexibility index (Phi) is 4.20. The summed E-state index contributed by atoms with van der Waals surface area (Å²) in [7, 11) is 0. The van der Waals surface area contributed by atoms with Gasteiger partial charge in [-0.1, -0.05) is 0 Å². The number of carbonyl (C=O) groups is 2. The average molecular weight is 295 g/mol. The molecular weight excluding hydrogens is 274 g/mol. The zero-order valence-electron chi connectivity index (χ0n) is 12.6. The van der Waals surface area contributed by atoms with Gasteiger partial charge in [0.15, 0.2) is 0 Å². The smallest absolute Gasteiger partial charge is 0.410 e. The molecule has 1 aliphatic heterocycles. The summed E-state index contributed by atoms with van der Waals surface area (Å²) < 4.78 is 6.82. The number of rotatable bonds is 3. The first-order valence-electron chi connectivity index (χ1n) is 7.02. The number of ether oxygens (including phenoxy) is 1. The molecule has 1 unspecified atom stereocenters. The Morgan fingerprint density at radius 2 is 2.19 bits per heavy atom. The van der Waals surface area contributed by atoms with E-state index in [0.717, 1.165) is 12.8 Å². The van der Waals surface area contributed by atoms with Crippen LogP contribution in [-0.4, -0.2) is 50.0 Å². The molecule has 0 spiro atoms. The van der Waals surface area contributed by atoms with Gasteiger partial charge in [-0.15, -0.1) is 0 Å². The maximum absolute atomic E-state index is 12.2. The van der Waals surface area contributed by atoms with Gasteiger partial charge in [0.1, 0.15) is 11.3 Å². The van der Waals surface area contributed by atoms with Crippen LogP contribution in [0.5, 0.6) is 0 Å². The summed E-state index contributed by atoms with van der Waals surface area (Å²) in [5.41, 5.74) is -0.409. The molecule has 0 radical (unpaired) electrons. The Morgan fingerprint density at radius 3 is 2.81 bits per heavy atom. The molecule has 1 N–H and O–H groups in total. The lowest BCUT2D eigenvalue weighted by Gasteiger charge is -2.28. The molecule has 21 heavy (non-hydrogen) atoms. The maximum Gasteiger partial charge on any atom is 0.410 e. The summed E-state index contributed by atoms with van der Waals surface area (Å²) in [5.74, 6) is -1.02. The number of aromatic carboxylic acids is 1. The second-order valence-electron chi connectivity index (χ2n) is 6.17. The van der Waals surface area contributed by atoms with Gasteiger partial charge in [-0.3, -0.25) is 4.68 Å². The van der Waals surface area contributed by atoms with Crippen molar-refractivity contribution in [1.82, 2.24) is 14.7 Å². The number of amides is 1. The molecule has 0 aliphatic carbocycles. The molecule has 1 fully saturated rings. The molecule has 2 rings (SSSR count). The summed E-state index contributed by atoms with van der Waals surface area (Å²) in [6, 6.07) is 1.37. The van der Waals surface area contributed by atoms with Crippen molar-refractivity contribution in [3.05, 3.63) is 18.0 Å². The zero-order chi connectivity index (χ0) is 15.6. The van der Waals surface area contributed by atoms with Crippen molar-refractivity contribution in [1.29, 1.82) is 0 Å². The summed E-state index contributed by atoms with van der Waals surface area (Å²) in [6.45, 7) is 6.47. The van der Waals surface area contributed by atoms with Crippen LogP contribution in [-0.2, 0) is 11.3 Å². The van der Waals surface area contributed by atoms with Crippen LogP contribution in [0.2, 0.25) is 0 Å². The molecular formula is C14H21N3O4. The normalized spacial score (nSPS) is 18.8. The Bertz CT molecular complexity index is 533. The monoisotopic (exact) mass is 295 g/mol. The van der Waals surface area contributed by atoms with Crippen LogP contribution in [0.4, 0.5) is 4.79 Å². The summed E-state index contributed by atoms with van der Waals surface area (Å²) in [5, 5.41) is 13.1. The Morgan fingerprint density at radius 1 is 1.48 bits per heavy atom. The fraction of sp³-hybridized carbons (Fsp3) is 0.643. The molecule has 116 valence electrons.